The van der Waals surface area contributed by atoms with Crippen molar-refractivity contribution in [3.05, 3.63) is 93.4 Å². The van der Waals surface area contributed by atoms with E-state index in [0.29, 0.717) is 19.7 Å². The van der Waals surface area contributed by atoms with Gasteiger partial charge in [-0.2, -0.15) is 0 Å². The largest absolute Gasteiger partial charge is 0.383 e. The molecule has 35 heavy (non-hydrogen) atoms. The molecule has 0 radical (unpaired) electrons. The number of benzene rings is 2. The van der Waals surface area contributed by atoms with Gasteiger partial charge in [-0.1, -0.05) is 42.5 Å². The summed E-state index contributed by atoms with van der Waals surface area (Å²) in [5.74, 6) is -0.283. The first-order valence-electron chi connectivity index (χ1n) is 12.0. The highest BCUT2D eigenvalue weighted by Gasteiger charge is 2.46. The third kappa shape index (κ3) is 5.02. The summed E-state index contributed by atoms with van der Waals surface area (Å²) in [5.41, 5.74) is 3.13. The fourth-order valence-electron chi connectivity index (χ4n) is 5.08. The van der Waals surface area contributed by atoms with Crippen LogP contribution in [-0.2, 0) is 20.7 Å². The zero-order chi connectivity index (χ0) is 24.4. The second-order valence-electron chi connectivity index (χ2n) is 9.20. The normalized spacial score (nSPS) is 20.9. The van der Waals surface area contributed by atoms with E-state index in [0.717, 1.165) is 24.0 Å². The molecule has 0 spiro atoms. The zero-order valence-electron chi connectivity index (χ0n) is 19.7. The highest BCUT2D eigenvalue weighted by atomic mass is 32.1. The Morgan fingerprint density at radius 1 is 1.09 bits per heavy atom. The summed E-state index contributed by atoms with van der Waals surface area (Å²) in [6, 6.07) is 18.2. The maximum atomic E-state index is 13.7. The van der Waals surface area contributed by atoms with Crippen molar-refractivity contribution in [3.63, 3.8) is 0 Å². The van der Waals surface area contributed by atoms with Crippen LogP contribution in [0.5, 0.6) is 0 Å². The van der Waals surface area contributed by atoms with Crippen molar-refractivity contribution in [1.82, 2.24) is 9.80 Å². The van der Waals surface area contributed by atoms with Crippen LogP contribution >= 0.6 is 11.3 Å². The van der Waals surface area contributed by atoms with Crippen molar-refractivity contribution in [3.8, 4) is 0 Å². The Kier molecular flexibility index (Phi) is 6.97. The van der Waals surface area contributed by atoms with Crippen LogP contribution in [-0.4, -0.2) is 55.0 Å². The molecule has 3 atom stereocenters. The van der Waals surface area contributed by atoms with Crippen LogP contribution in [0.2, 0.25) is 0 Å². The van der Waals surface area contributed by atoms with E-state index in [4.69, 9.17) is 4.74 Å². The average Bonchev–Trinajstić information content (AvgIpc) is 3.55. The highest BCUT2D eigenvalue weighted by molar-refractivity contribution is 7.10. The number of thiophene rings is 1. The minimum Gasteiger partial charge on any atom is -0.383 e. The predicted molar refractivity (Wildman–Crippen MR) is 134 cm³/mol. The molecular weight excluding hydrogens is 463 g/mol. The summed E-state index contributed by atoms with van der Waals surface area (Å²) in [6.07, 6.45) is 1.59. The van der Waals surface area contributed by atoms with Crippen molar-refractivity contribution in [2.45, 2.75) is 24.8 Å². The molecule has 1 aliphatic heterocycles. The van der Waals surface area contributed by atoms with E-state index in [9.17, 15) is 14.0 Å². The van der Waals surface area contributed by atoms with Crippen LogP contribution in [0, 0.1) is 11.7 Å². The van der Waals surface area contributed by atoms with Gasteiger partial charge in [0.05, 0.1) is 19.2 Å². The molecule has 5 nitrogen and oxygen atoms in total. The summed E-state index contributed by atoms with van der Waals surface area (Å²) >= 11 is 1.69. The summed E-state index contributed by atoms with van der Waals surface area (Å²) < 4.78 is 18.9. The molecule has 3 aromatic rings. The summed E-state index contributed by atoms with van der Waals surface area (Å²) in [5, 5.41) is 2.04. The molecule has 1 fully saturated rings. The fraction of sp³-hybridized carbons (Fsp3) is 0.357. The molecule has 2 amide bonds. The molecule has 7 heteroatoms. The monoisotopic (exact) mass is 492 g/mol. The third-order valence-corrected chi connectivity index (χ3v) is 8.01. The van der Waals surface area contributed by atoms with Gasteiger partial charge in [-0.05, 0) is 59.0 Å². The number of methoxy groups -OCH3 is 1. The van der Waals surface area contributed by atoms with Crippen LogP contribution < -0.4 is 0 Å². The molecule has 2 aromatic carbocycles. The molecule has 0 saturated heterocycles. The Hall–Kier alpha value is -3.03. The van der Waals surface area contributed by atoms with Crippen molar-refractivity contribution >= 4 is 23.2 Å². The van der Waals surface area contributed by atoms with Gasteiger partial charge in [-0.15, -0.1) is 11.3 Å². The van der Waals surface area contributed by atoms with Gasteiger partial charge in [-0.3, -0.25) is 9.59 Å². The van der Waals surface area contributed by atoms with Crippen molar-refractivity contribution in [2.24, 2.45) is 5.92 Å². The topological polar surface area (TPSA) is 49.9 Å². The molecule has 2 heterocycles. The van der Waals surface area contributed by atoms with Gasteiger partial charge < -0.3 is 14.5 Å². The quantitative estimate of drug-likeness (QED) is 0.460. The molecule has 1 aliphatic carbocycles. The second kappa shape index (κ2) is 10.3. The minimum absolute atomic E-state index is 0.0100. The van der Waals surface area contributed by atoms with E-state index >= 15 is 0 Å². The number of rotatable bonds is 8. The Bertz CT molecular complexity index is 1180. The minimum atomic E-state index is -0.304. The van der Waals surface area contributed by atoms with E-state index in [1.54, 1.807) is 35.5 Å². The Morgan fingerprint density at radius 2 is 1.86 bits per heavy atom. The maximum Gasteiger partial charge on any atom is 0.242 e. The molecule has 0 N–H and O–H groups in total. The molecule has 1 aromatic heterocycles. The Balaban J connectivity index is 1.35. The molecular formula is C28H29FN2O3S. The van der Waals surface area contributed by atoms with E-state index in [-0.39, 0.29) is 42.1 Å². The van der Waals surface area contributed by atoms with E-state index in [1.807, 2.05) is 28.5 Å². The van der Waals surface area contributed by atoms with Crippen molar-refractivity contribution < 1.29 is 18.7 Å². The first kappa shape index (κ1) is 23.7. The maximum absolute atomic E-state index is 13.7. The summed E-state index contributed by atoms with van der Waals surface area (Å²) in [4.78, 5) is 31.8. The third-order valence-electron chi connectivity index (χ3n) is 7.01. The summed E-state index contributed by atoms with van der Waals surface area (Å²) in [6.45, 7) is 1.32. The number of hydrogen-bond donors (Lipinski definition) is 0. The van der Waals surface area contributed by atoms with E-state index in [2.05, 4.69) is 18.2 Å². The number of hydrogen-bond acceptors (Lipinski definition) is 4. The molecule has 3 unspecified atom stereocenters. The second-order valence-corrected chi connectivity index (χ2v) is 10.2. The van der Waals surface area contributed by atoms with E-state index in [1.165, 1.54) is 22.6 Å². The first-order valence-corrected chi connectivity index (χ1v) is 12.9. The number of amides is 2. The lowest BCUT2D eigenvalue weighted by Gasteiger charge is -2.37. The lowest BCUT2D eigenvalue weighted by molar-refractivity contribution is -0.143. The van der Waals surface area contributed by atoms with Gasteiger partial charge in [0.25, 0.3) is 0 Å². The van der Waals surface area contributed by atoms with Crippen LogP contribution in [0.25, 0.3) is 0 Å². The highest BCUT2D eigenvalue weighted by Crippen LogP contribution is 2.48. The first-order chi connectivity index (χ1) is 17.1. The number of fused-ring (bicyclic) bond motifs is 1. The zero-order valence-corrected chi connectivity index (χ0v) is 20.5. The number of ether oxygens (including phenoxy) is 1. The number of carbonyl (C=O) groups excluding carboxylic acids is 2. The standard InChI is InChI=1S/C28H29FN2O3S/c1-34-15-14-30(28(33)24-17-23(24)19-5-3-2-4-6-19)18-26(32)31-13-11-25-22(12-16-35-25)27(31)20-7-9-21(29)10-8-20/h2-10,12,16,23-24,27H,11,13-15,17-18H2,1H3. The summed E-state index contributed by atoms with van der Waals surface area (Å²) in [7, 11) is 1.60. The van der Waals surface area contributed by atoms with Crippen molar-refractivity contribution in [1.29, 1.82) is 0 Å². The van der Waals surface area contributed by atoms with Crippen molar-refractivity contribution in [2.75, 3.05) is 33.4 Å². The molecule has 5 rings (SSSR count). The molecule has 2 aliphatic rings. The lowest BCUT2D eigenvalue weighted by atomic mass is 9.93. The predicted octanol–water partition coefficient (Wildman–Crippen LogP) is 4.64. The van der Waals surface area contributed by atoms with Gasteiger partial charge in [0.1, 0.15) is 5.82 Å². The number of nitrogens with zero attached hydrogens (tertiary/aromatic N) is 2. The van der Waals surface area contributed by atoms with Crippen LogP contribution in [0.4, 0.5) is 4.39 Å². The van der Waals surface area contributed by atoms with Crippen LogP contribution in [0.1, 0.15) is 39.9 Å². The SMILES string of the molecule is COCCN(CC(=O)N1CCc2sccc2C1c1ccc(F)cc1)C(=O)C1CC1c1ccccc1. The van der Waals surface area contributed by atoms with Gasteiger partial charge >= 0.3 is 0 Å². The van der Waals surface area contributed by atoms with E-state index < -0.39 is 0 Å². The van der Waals surface area contributed by atoms with Gasteiger partial charge in [0.15, 0.2) is 0 Å². The molecule has 182 valence electrons. The molecule has 0 bridgehead atoms. The molecule has 1 saturated carbocycles. The smallest absolute Gasteiger partial charge is 0.242 e. The Labute approximate surface area is 209 Å². The van der Waals surface area contributed by atoms with Gasteiger partial charge in [0, 0.05) is 31.0 Å². The number of halogens is 1. The van der Waals surface area contributed by atoms with Crippen LogP contribution in [0.3, 0.4) is 0 Å². The Morgan fingerprint density at radius 3 is 2.60 bits per heavy atom. The van der Waals surface area contributed by atoms with Crippen LogP contribution in [0.15, 0.2) is 66.0 Å². The number of carbonyl (C=O) groups is 2. The lowest BCUT2D eigenvalue weighted by Crippen LogP contribution is -2.48. The fourth-order valence-corrected chi connectivity index (χ4v) is 5.99. The average molecular weight is 493 g/mol. The van der Waals surface area contributed by atoms with Gasteiger partial charge in [0.2, 0.25) is 11.8 Å². The van der Waals surface area contributed by atoms with Gasteiger partial charge in [-0.25, -0.2) is 4.39 Å².